The van der Waals surface area contributed by atoms with Gasteiger partial charge >= 0.3 is 0 Å². The maximum absolute atomic E-state index is 13.5. The summed E-state index contributed by atoms with van der Waals surface area (Å²) < 4.78 is 0. The Hall–Kier alpha value is -4.22. The molecule has 0 heterocycles. The number of terminal acetylenes is 1. The Morgan fingerprint density at radius 3 is 1.80 bits per heavy atom. The third kappa shape index (κ3) is 6.22. The zero-order valence-corrected chi connectivity index (χ0v) is 19.9. The number of ketones is 2. The van der Waals surface area contributed by atoms with Crippen LogP contribution < -0.4 is 0 Å². The van der Waals surface area contributed by atoms with Crippen molar-refractivity contribution < 1.29 is 9.59 Å². The van der Waals surface area contributed by atoms with E-state index in [1.54, 1.807) is 6.92 Å². The molecule has 2 heteroatoms. The number of benzene rings is 4. The highest BCUT2D eigenvalue weighted by atomic mass is 16.1. The summed E-state index contributed by atoms with van der Waals surface area (Å²) in [7, 11) is 0. The van der Waals surface area contributed by atoms with Crippen LogP contribution in [-0.2, 0) is 17.6 Å². The van der Waals surface area contributed by atoms with Crippen molar-refractivity contribution in [3.63, 3.8) is 0 Å². The number of Topliss-reactive ketones (excluding diaryl/α,β-unsaturated/α-hetero) is 2. The fourth-order valence-electron chi connectivity index (χ4n) is 4.31. The number of rotatable bonds is 9. The first kappa shape index (κ1) is 23.9. The van der Waals surface area contributed by atoms with Crippen molar-refractivity contribution in [1.82, 2.24) is 0 Å². The lowest BCUT2D eigenvalue weighted by Gasteiger charge is -2.18. The molecule has 0 aromatic heterocycles. The van der Waals surface area contributed by atoms with Crippen LogP contribution in [0.15, 0.2) is 103 Å². The Bertz CT molecular complexity index is 1320. The molecule has 0 aliphatic heterocycles. The average molecular weight is 457 g/mol. The molecule has 1 unspecified atom stereocenters. The maximum Gasteiger partial charge on any atom is 0.159 e. The summed E-state index contributed by atoms with van der Waals surface area (Å²) in [5.41, 5.74) is 6.90. The van der Waals surface area contributed by atoms with Gasteiger partial charge in [-0.25, -0.2) is 0 Å². The second kappa shape index (κ2) is 11.3. The lowest BCUT2D eigenvalue weighted by molar-refractivity contribution is -0.119. The van der Waals surface area contributed by atoms with Gasteiger partial charge in [-0.05, 0) is 59.7 Å². The zero-order valence-electron chi connectivity index (χ0n) is 19.9. The van der Waals surface area contributed by atoms with E-state index in [-0.39, 0.29) is 17.5 Å². The zero-order chi connectivity index (χ0) is 24.6. The molecule has 1 atom stereocenters. The largest absolute Gasteiger partial charge is 0.299 e. The van der Waals surface area contributed by atoms with Crippen molar-refractivity contribution in [2.24, 2.45) is 0 Å². The van der Waals surface area contributed by atoms with Crippen molar-refractivity contribution >= 4 is 11.6 Å². The first-order chi connectivity index (χ1) is 17.0. The van der Waals surface area contributed by atoms with Crippen LogP contribution in [0.3, 0.4) is 0 Å². The summed E-state index contributed by atoms with van der Waals surface area (Å²) >= 11 is 0. The van der Waals surface area contributed by atoms with Crippen LogP contribution in [0.1, 0.15) is 63.0 Å². The minimum absolute atomic E-state index is 0.0168. The Labute approximate surface area is 207 Å². The van der Waals surface area contributed by atoms with E-state index in [1.807, 2.05) is 54.6 Å². The fraction of sp³-hybridized carbons (Fsp3) is 0.152. The first-order valence-electron chi connectivity index (χ1n) is 11.9. The highest BCUT2D eigenvalue weighted by Crippen LogP contribution is 2.29. The van der Waals surface area contributed by atoms with Crippen LogP contribution in [0.2, 0.25) is 0 Å². The summed E-state index contributed by atoms with van der Waals surface area (Å²) in [6.07, 6.45) is 7.40. The molecule has 4 aromatic rings. The van der Waals surface area contributed by atoms with Gasteiger partial charge in [-0.15, -0.1) is 6.42 Å². The minimum atomic E-state index is -0.372. The normalized spacial score (nSPS) is 11.4. The molecule has 0 saturated carbocycles. The van der Waals surface area contributed by atoms with Crippen LogP contribution >= 0.6 is 0 Å². The third-order valence-electron chi connectivity index (χ3n) is 6.32. The van der Waals surface area contributed by atoms with Crippen molar-refractivity contribution in [2.75, 3.05) is 0 Å². The SMILES string of the molecule is C#Cc1ccc(Cc2ccc(C(C(=O)CCc3ccccc3)c3ccc(C(C)=O)cc3)cc2)cc1. The Balaban J connectivity index is 1.57. The molecule has 0 aliphatic rings. The predicted molar refractivity (Wildman–Crippen MR) is 142 cm³/mol. The van der Waals surface area contributed by atoms with Gasteiger partial charge in [0.1, 0.15) is 5.78 Å². The Morgan fingerprint density at radius 1 is 0.714 bits per heavy atom. The van der Waals surface area contributed by atoms with Crippen molar-refractivity contribution in [1.29, 1.82) is 0 Å². The van der Waals surface area contributed by atoms with Crippen LogP contribution in [0, 0.1) is 12.3 Å². The van der Waals surface area contributed by atoms with E-state index in [9.17, 15) is 9.59 Å². The molecule has 0 spiro atoms. The van der Waals surface area contributed by atoms with Gasteiger partial charge in [0.25, 0.3) is 0 Å². The molecule has 0 aliphatic carbocycles. The quantitative estimate of drug-likeness (QED) is 0.205. The second-order valence-electron chi connectivity index (χ2n) is 8.82. The molecule has 0 N–H and O–H groups in total. The van der Waals surface area contributed by atoms with Crippen molar-refractivity contribution in [2.45, 2.75) is 32.1 Å². The molecule has 0 saturated heterocycles. The molecular formula is C33H28O2. The molecule has 0 bridgehead atoms. The van der Waals surface area contributed by atoms with Gasteiger partial charge in [0, 0.05) is 17.5 Å². The van der Waals surface area contributed by atoms with E-state index in [0.717, 1.165) is 28.7 Å². The molecule has 4 rings (SSSR count). The number of hydrogen-bond donors (Lipinski definition) is 0. The van der Waals surface area contributed by atoms with E-state index < -0.39 is 0 Å². The lowest BCUT2D eigenvalue weighted by atomic mass is 9.84. The minimum Gasteiger partial charge on any atom is -0.299 e. The Kier molecular flexibility index (Phi) is 7.70. The summed E-state index contributed by atoms with van der Waals surface area (Å²) in [5.74, 6) is 2.46. The van der Waals surface area contributed by atoms with Crippen LogP contribution in [0.4, 0.5) is 0 Å². The summed E-state index contributed by atoms with van der Waals surface area (Å²) in [5, 5.41) is 0. The Morgan fingerprint density at radius 2 is 1.26 bits per heavy atom. The van der Waals surface area contributed by atoms with Gasteiger partial charge in [0.15, 0.2) is 5.78 Å². The summed E-state index contributed by atoms with van der Waals surface area (Å²) in [6.45, 7) is 1.55. The van der Waals surface area contributed by atoms with E-state index in [2.05, 4.69) is 54.5 Å². The first-order valence-corrected chi connectivity index (χ1v) is 11.9. The highest BCUT2D eigenvalue weighted by Gasteiger charge is 2.22. The predicted octanol–water partition coefficient (Wildman–Crippen LogP) is 6.80. The molecular weight excluding hydrogens is 428 g/mol. The van der Waals surface area contributed by atoms with Gasteiger partial charge in [0.2, 0.25) is 0 Å². The lowest BCUT2D eigenvalue weighted by Crippen LogP contribution is -2.15. The summed E-state index contributed by atoms with van der Waals surface area (Å²) in [4.78, 5) is 25.2. The van der Waals surface area contributed by atoms with Gasteiger partial charge in [-0.2, -0.15) is 0 Å². The number of aryl methyl sites for hydroxylation is 1. The molecule has 0 amide bonds. The molecule has 2 nitrogen and oxygen atoms in total. The van der Waals surface area contributed by atoms with Crippen LogP contribution in [-0.4, -0.2) is 11.6 Å². The van der Waals surface area contributed by atoms with Crippen LogP contribution in [0.5, 0.6) is 0 Å². The third-order valence-corrected chi connectivity index (χ3v) is 6.32. The number of hydrogen-bond acceptors (Lipinski definition) is 2. The van der Waals surface area contributed by atoms with E-state index in [0.29, 0.717) is 18.4 Å². The van der Waals surface area contributed by atoms with E-state index in [1.165, 1.54) is 11.1 Å². The molecule has 0 radical (unpaired) electrons. The monoisotopic (exact) mass is 456 g/mol. The molecule has 172 valence electrons. The van der Waals surface area contributed by atoms with Gasteiger partial charge < -0.3 is 0 Å². The average Bonchev–Trinajstić information content (AvgIpc) is 2.90. The standard InChI is InChI=1S/C33H28O2/c1-3-25-9-11-27(12-10-25)23-28-13-16-30(17-14-28)33(31-20-18-29(19-21-31)24(2)34)32(35)22-15-26-7-5-4-6-8-26/h1,4-14,16-21,33H,15,22-23H2,2H3. The van der Waals surface area contributed by atoms with Gasteiger partial charge in [0.05, 0.1) is 5.92 Å². The number of carbonyl (C=O) groups is 2. The molecule has 0 fully saturated rings. The van der Waals surface area contributed by atoms with Crippen LogP contribution in [0.25, 0.3) is 0 Å². The van der Waals surface area contributed by atoms with Gasteiger partial charge in [-0.3, -0.25) is 9.59 Å². The summed E-state index contributed by atoms with van der Waals surface area (Å²) in [6, 6.07) is 33.8. The molecule has 35 heavy (non-hydrogen) atoms. The second-order valence-corrected chi connectivity index (χ2v) is 8.82. The van der Waals surface area contributed by atoms with E-state index in [4.69, 9.17) is 6.42 Å². The highest BCUT2D eigenvalue weighted by molar-refractivity contribution is 5.94. The molecule has 4 aromatic carbocycles. The van der Waals surface area contributed by atoms with Gasteiger partial charge in [-0.1, -0.05) is 96.9 Å². The van der Waals surface area contributed by atoms with Crippen molar-refractivity contribution in [3.05, 3.63) is 142 Å². The van der Waals surface area contributed by atoms with E-state index >= 15 is 0 Å². The smallest absolute Gasteiger partial charge is 0.159 e. The van der Waals surface area contributed by atoms with Crippen molar-refractivity contribution in [3.8, 4) is 12.3 Å². The fourth-order valence-corrected chi connectivity index (χ4v) is 4.31. The number of carbonyl (C=O) groups excluding carboxylic acids is 2. The maximum atomic E-state index is 13.5. The topological polar surface area (TPSA) is 34.1 Å².